The van der Waals surface area contributed by atoms with Gasteiger partial charge in [-0.3, -0.25) is 0 Å². The number of fused-ring (bicyclic) bond motifs is 2. The molecule has 0 unspecified atom stereocenters. The maximum absolute atomic E-state index is 11.1. The number of esters is 1. The zero-order chi connectivity index (χ0) is 21.4. The van der Waals surface area contributed by atoms with Gasteiger partial charge >= 0.3 is 11.9 Å². The van der Waals surface area contributed by atoms with Crippen LogP contribution in [-0.4, -0.2) is 58.3 Å². The maximum Gasteiger partial charge on any atom is 0.354 e. The fourth-order valence-corrected chi connectivity index (χ4v) is 2.07. The number of carboxylic acids is 1. The molecular weight excluding hydrogens is 447 g/mol. The molecule has 4 aromatic rings. The van der Waals surface area contributed by atoms with Crippen molar-refractivity contribution in [1.82, 2.24) is 29.9 Å². The molecule has 0 aliphatic rings. The van der Waals surface area contributed by atoms with Crippen molar-refractivity contribution in [2.45, 2.75) is 0 Å². The second-order valence-corrected chi connectivity index (χ2v) is 7.52. The summed E-state index contributed by atoms with van der Waals surface area (Å²) in [5.74, 6) is -1.40. The van der Waals surface area contributed by atoms with Crippen LogP contribution in [0, 0.1) is 0 Å². The van der Waals surface area contributed by atoms with Gasteiger partial charge in [0.25, 0.3) is 0 Å². The molecule has 0 aliphatic heterocycles. The number of ether oxygens (including phenoxy) is 1. The number of carboxylic acid groups (broad SMARTS) is 1. The van der Waals surface area contributed by atoms with Gasteiger partial charge in [0, 0.05) is 44.5 Å². The SMILES string of the molecule is COC(=O)c1cc2cncnc2[nH]1.O=C(O)c1cc2cncnc2[nH]1.O=S(Cl)Cl. The van der Waals surface area contributed by atoms with Crippen molar-refractivity contribution in [3.05, 3.63) is 48.6 Å². The number of aromatic amines is 2. The van der Waals surface area contributed by atoms with Gasteiger partial charge in [-0.1, -0.05) is 0 Å². The van der Waals surface area contributed by atoms with Gasteiger partial charge in [0.15, 0.2) is 0 Å². The lowest BCUT2D eigenvalue weighted by atomic mass is 10.4. The molecule has 0 bridgehead atoms. The van der Waals surface area contributed by atoms with Gasteiger partial charge in [-0.2, -0.15) is 0 Å². The number of rotatable bonds is 2. The van der Waals surface area contributed by atoms with Gasteiger partial charge in [0.2, 0.25) is 9.23 Å². The van der Waals surface area contributed by atoms with Crippen molar-refractivity contribution in [2.24, 2.45) is 0 Å². The smallest absolute Gasteiger partial charge is 0.354 e. The molecule has 152 valence electrons. The van der Waals surface area contributed by atoms with E-state index in [4.69, 9.17) is 9.32 Å². The van der Waals surface area contributed by atoms with E-state index in [-0.39, 0.29) is 5.69 Å². The molecule has 11 nitrogen and oxygen atoms in total. The van der Waals surface area contributed by atoms with Crippen LogP contribution in [0.15, 0.2) is 37.2 Å². The molecule has 3 N–H and O–H groups in total. The average Bonchev–Trinajstić information content (AvgIpc) is 3.31. The molecule has 14 heteroatoms. The summed E-state index contributed by atoms with van der Waals surface area (Å²) in [4.78, 5) is 42.4. The van der Waals surface area contributed by atoms with E-state index in [0.29, 0.717) is 22.4 Å². The Labute approximate surface area is 173 Å². The summed E-state index contributed by atoms with van der Waals surface area (Å²) in [5.41, 5.74) is 1.70. The lowest BCUT2D eigenvalue weighted by Crippen LogP contribution is -2.00. The predicted octanol–water partition coefficient (Wildman–Crippen LogP) is 2.44. The van der Waals surface area contributed by atoms with E-state index < -0.39 is 21.2 Å². The number of aromatic carboxylic acids is 1. The number of carbonyl (C=O) groups is 2. The number of H-pyrrole nitrogens is 2. The number of nitrogens with zero attached hydrogens (tertiary/aromatic N) is 4. The van der Waals surface area contributed by atoms with E-state index in [2.05, 4.69) is 56.0 Å². The third-order valence-electron chi connectivity index (χ3n) is 3.22. The van der Waals surface area contributed by atoms with Crippen LogP contribution in [0.5, 0.6) is 0 Å². The van der Waals surface area contributed by atoms with Gasteiger partial charge in [-0.05, 0) is 12.1 Å². The van der Waals surface area contributed by atoms with E-state index in [1.807, 2.05) is 0 Å². The molecule has 0 atom stereocenters. The summed E-state index contributed by atoms with van der Waals surface area (Å²) in [7, 11) is 8.69. The van der Waals surface area contributed by atoms with E-state index in [0.717, 1.165) is 5.39 Å². The number of hydrogen-bond donors (Lipinski definition) is 3. The fraction of sp³-hybridized carbons (Fsp3) is 0.0667. The van der Waals surface area contributed by atoms with Crippen LogP contribution in [0.3, 0.4) is 0 Å². The average molecular weight is 459 g/mol. The van der Waals surface area contributed by atoms with E-state index >= 15 is 0 Å². The minimum atomic E-state index is -1.67. The fourth-order valence-electron chi connectivity index (χ4n) is 2.07. The van der Waals surface area contributed by atoms with Gasteiger partial charge in [0.05, 0.1) is 7.11 Å². The van der Waals surface area contributed by atoms with Gasteiger partial charge in [-0.15, -0.1) is 0 Å². The Morgan fingerprint density at radius 1 is 1.00 bits per heavy atom. The number of nitrogens with one attached hydrogen (secondary N) is 2. The van der Waals surface area contributed by atoms with Crippen molar-refractivity contribution in [1.29, 1.82) is 0 Å². The first-order valence-corrected chi connectivity index (χ1v) is 10.3. The Morgan fingerprint density at radius 3 is 1.86 bits per heavy atom. The van der Waals surface area contributed by atoms with E-state index in [1.54, 1.807) is 18.5 Å². The number of methoxy groups -OCH3 is 1. The van der Waals surface area contributed by atoms with Crippen LogP contribution in [0.2, 0.25) is 0 Å². The van der Waals surface area contributed by atoms with Gasteiger partial charge in [-0.25, -0.2) is 33.7 Å². The first-order valence-electron chi connectivity index (χ1n) is 7.45. The summed E-state index contributed by atoms with van der Waals surface area (Å²) in [6.07, 6.45) is 5.97. The van der Waals surface area contributed by atoms with Gasteiger partial charge < -0.3 is 19.8 Å². The van der Waals surface area contributed by atoms with Crippen molar-refractivity contribution >= 4 is 64.6 Å². The molecular formula is C15H12Cl2N6O5S. The highest BCUT2D eigenvalue weighted by molar-refractivity contribution is 8.26. The molecule has 0 saturated heterocycles. The topological polar surface area (TPSA) is 164 Å². The monoisotopic (exact) mass is 458 g/mol. The molecule has 0 amide bonds. The lowest BCUT2D eigenvalue weighted by Gasteiger charge is -1.91. The number of hydrogen-bond acceptors (Lipinski definition) is 8. The molecule has 4 rings (SSSR count). The third-order valence-corrected chi connectivity index (χ3v) is 3.22. The van der Waals surface area contributed by atoms with Crippen LogP contribution in [0.4, 0.5) is 0 Å². The molecule has 29 heavy (non-hydrogen) atoms. The standard InChI is InChI=1S/C8H7N3O2.C7H5N3O2.Cl2OS/c1-13-8(12)6-2-5-3-9-4-10-7(5)11-6;11-7(12)5-1-4-2-8-3-9-6(4)10-5;1-4(2)3/h2-4H,1H3,(H,9,10,11);1-3H,(H,11,12)(H,8,9,10);. The van der Waals surface area contributed by atoms with Gasteiger partial charge in [0.1, 0.15) is 35.3 Å². The Balaban J connectivity index is 0.000000176. The molecule has 0 fully saturated rings. The molecule has 0 spiro atoms. The molecule has 0 aromatic carbocycles. The summed E-state index contributed by atoms with van der Waals surface area (Å²) >= 11 is 0. The second-order valence-electron chi connectivity index (χ2n) is 5.00. The lowest BCUT2D eigenvalue weighted by molar-refractivity contribution is 0.0594. The Kier molecular flexibility index (Phi) is 8.00. The van der Waals surface area contributed by atoms with E-state index in [1.165, 1.54) is 25.8 Å². The van der Waals surface area contributed by atoms with Crippen molar-refractivity contribution in [3.63, 3.8) is 0 Å². The largest absolute Gasteiger partial charge is 0.477 e. The quantitative estimate of drug-likeness (QED) is 0.302. The molecule has 0 aliphatic carbocycles. The predicted molar refractivity (Wildman–Crippen MR) is 106 cm³/mol. The summed E-state index contributed by atoms with van der Waals surface area (Å²) < 4.78 is 13.6. The Bertz CT molecular complexity index is 1090. The number of carbonyl (C=O) groups excluding carboxylic acids is 1. The summed E-state index contributed by atoms with van der Waals surface area (Å²) in [6, 6.07) is 3.15. The zero-order valence-corrected chi connectivity index (χ0v) is 16.8. The number of halogens is 2. The minimum absolute atomic E-state index is 0.130. The molecule has 0 saturated carbocycles. The molecule has 0 radical (unpaired) electrons. The molecule has 4 aromatic heterocycles. The van der Waals surface area contributed by atoms with Crippen LogP contribution in [-0.2, 0) is 14.0 Å². The zero-order valence-electron chi connectivity index (χ0n) is 14.5. The Morgan fingerprint density at radius 2 is 1.45 bits per heavy atom. The summed E-state index contributed by atoms with van der Waals surface area (Å²) in [5, 5.41) is 10.1. The second kappa shape index (κ2) is 10.5. The Hall–Kier alpha value is -3.09. The third kappa shape index (κ3) is 6.48. The van der Waals surface area contributed by atoms with Crippen molar-refractivity contribution in [2.75, 3.05) is 7.11 Å². The first kappa shape index (κ1) is 22.2. The highest BCUT2D eigenvalue weighted by Gasteiger charge is 2.09. The highest BCUT2D eigenvalue weighted by Crippen LogP contribution is 2.11. The number of aromatic nitrogens is 6. The van der Waals surface area contributed by atoms with Crippen molar-refractivity contribution in [3.8, 4) is 0 Å². The normalized spacial score (nSPS) is 10.1. The maximum atomic E-state index is 11.1. The highest BCUT2D eigenvalue weighted by atomic mass is 36.0. The van der Waals surface area contributed by atoms with E-state index in [9.17, 15) is 9.59 Å². The molecule has 4 heterocycles. The first-order chi connectivity index (χ1) is 13.8. The van der Waals surface area contributed by atoms with Crippen LogP contribution >= 0.6 is 21.4 Å². The summed E-state index contributed by atoms with van der Waals surface area (Å²) in [6.45, 7) is 0. The van der Waals surface area contributed by atoms with Crippen LogP contribution < -0.4 is 0 Å². The van der Waals surface area contributed by atoms with Crippen molar-refractivity contribution < 1.29 is 23.6 Å². The van der Waals surface area contributed by atoms with Crippen LogP contribution in [0.25, 0.3) is 22.1 Å². The minimum Gasteiger partial charge on any atom is -0.477 e. The van der Waals surface area contributed by atoms with Crippen LogP contribution in [0.1, 0.15) is 21.0 Å².